The molecule has 0 bridgehead atoms. The number of anilines is 1. The average molecular weight is 430 g/mol. The molecule has 1 N–H and O–H groups in total. The standard InChI is InChI=1S/C21H17F3N4O3/c1-12-18-15(10-16(17-4-3-9-30-17)26-19(18)28(2)27-12)20(29)25-13-5-7-14(8-6-13)31-11-21(22,23)24/h3-10H,11H2,1-2H3,(H,25,29). The maximum absolute atomic E-state index is 13.1. The highest BCUT2D eigenvalue weighted by Crippen LogP contribution is 2.28. The van der Waals surface area contributed by atoms with Gasteiger partial charge in [-0.15, -0.1) is 0 Å². The van der Waals surface area contributed by atoms with E-state index in [1.807, 2.05) is 0 Å². The minimum Gasteiger partial charge on any atom is -0.484 e. The summed E-state index contributed by atoms with van der Waals surface area (Å²) in [6.45, 7) is 0.393. The molecule has 0 aliphatic carbocycles. The lowest BCUT2D eigenvalue weighted by molar-refractivity contribution is -0.153. The molecule has 0 saturated carbocycles. The highest BCUT2D eigenvalue weighted by molar-refractivity contribution is 6.13. The van der Waals surface area contributed by atoms with Gasteiger partial charge in [-0.2, -0.15) is 18.3 Å². The molecule has 0 radical (unpaired) electrons. The maximum atomic E-state index is 13.1. The van der Waals surface area contributed by atoms with Gasteiger partial charge in [0.15, 0.2) is 18.0 Å². The van der Waals surface area contributed by atoms with E-state index in [1.54, 1.807) is 36.9 Å². The zero-order valence-electron chi connectivity index (χ0n) is 16.5. The number of nitrogens with zero attached hydrogens (tertiary/aromatic N) is 3. The Balaban J connectivity index is 1.63. The monoisotopic (exact) mass is 430 g/mol. The van der Waals surface area contributed by atoms with Crippen LogP contribution in [-0.4, -0.2) is 33.5 Å². The number of pyridine rings is 1. The van der Waals surface area contributed by atoms with Gasteiger partial charge in [0.05, 0.1) is 22.9 Å². The van der Waals surface area contributed by atoms with E-state index in [4.69, 9.17) is 4.42 Å². The van der Waals surface area contributed by atoms with Crippen molar-refractivity contribution in [2.75, 3.05) is 11.9 Å². The number of carbonyl (C=O) groups excluding carboxylic acids is 1. The molecule has 3 heterocycles. The van der Waals surface area contributed by atoms with Gasteiger partial charge in [-0.3, -0.25) is 9.48 Å². The van der Waals surface area contributed by atoms with Crippen molar-refractivity contribution in [1.29, 1.82) is 0 Å². The summed E-state index contributed by atoms with van der Waals surface area (Å²) in [5, 5.41) is 7.69. The van der Waals surface area contributed by atoms with Gasteiger partial charge < -0.3 is 14.5 Å². The second-order valence-electron chi connectivity index (χ2n) is 6.82. The van der Waals surface area contributed by atoms with E-state index in [9.17, 15) is 18.0 Å². The van der Waals surface area contributed by atoms with Crippen molar-refractivity contribution in [1.82, 2.24) is 14.8 Å². The number of amides is 1. The van der Waals surface area contributed by atoms with Gasteiger partial charge in [-0.25, -0.2) is 4.98 Å². The van der Waals surface area contributed by atoms with Crippen LogP contribution in [0.5, 0.6) is 5.75 Å². The van der Waals surface area contributed by atoms with E-state index in [2.05, 4.69) is 20.1 Å². The fraction of sp³-hybridized carbons (Fsp3) is 0.190. The Labute approximate surface area is 174 Å². The number of rotatable bonds is 5. The number of hydrogen-bond acceptors (Lipinski definition) is 5. The van der Waals surface area contributed by atoms with E-state index in [0.717, 1.165) is 0 Å². The number of halogens is 3. The molecular formula is C21H17F3N4O3. The number of hydrogen-bond donors (Lipinski definition) is 1. The molecule has 0 aliphatic heterocycles. The average Bonchev–Trinajstić information content (AvgIpc) is 3.35. The first kappa shape index (κ1) is 20.5. The number of ether oxygens (including phenoxy) is 1. The van der Waals surface area contributed by atoms with Gasteiger partial charge in [0.25, 0.3) is 5.91 Å². The highest BCUT2D eigenvalue weighted by Gasteiger charge is 2.28. The second-order valence-corrected chi connectivity index (χ2v) is 6.82. The third-order valence-electron chi connectivity index (χ3n) is 4.50. The predicted molar refractivity (Wildman–Crippen MR) is 107 cm³/mol. The number of carbonyl (C=O) groups is 1. The molecule has 4 rings (SSSR count). The zero-order valence-corrected chi connectivity index (χ0v) is 16.5. The van der Waals surface area contributed by atoms with E-state index in [-0.39, 0.29) is 5.75 Å². The zero-order chi connectivity index (χ0) is 22.2. The van der Waals surface area contributed by atoms with Crippen LogP contribution in [0.4, 0.5) is 18.9 Å². The van der Waals surface area contributed by atoms with Crippen LogP contribution in [0.25, 0.3) is 22.5 Å². The lowest BCUT2D eigenvalue weighted by Gasteiger charge is -2.11. The normalized spacial score (nSPS) is 11.6. The first-order valence-corrected chi connectivity index (χ1v) is 9.20. The van der Waals surface area contributed by atoms with Crippen molar-refractivity contribution in [3.05, 3.63) is 60.0 Å². The first-order valence-electron chi connectivity index (χ1n) is 9.20. The molecule has 3 aromatic heterocycles. The van der Waals surface area contributed by atoms with Crippen LogP contribution in [0.2, 0.25) is 0 Å². The third kappa shape index (κ3) is 4.37. The molecule has 0 atom stereocenters. The lowest BCUT2D eigenvalue weighted by atomic mass is 10.1. The van der Waals surface area contributed by atoms with E-state index >= 15 is 0 Å². The van der Waals surface area contributed by atoms with Gasteiger partial charge in [0.1, 0.15) is 11.4 Å². The van der Waals surface area contributed by atoms with Crippen molar-refractivity contribution < 1.29 is 27.1 Å². The molecular weight excluding hydrogens is 413 g/mol. The number of benzene rings is 1. The summed E-state index contributed by atoms with van der Waals surface area (Å²) in [4.78, 5) is 17.6. The second kappa shape index (κ2) is 7.78. The SMILES string of the molecule is Cc1nn(C)c2nc(-c3ccco3)cc(C(=O)Nc3ccc(OCC(F)(F)F)cc3)c12. The Morgan fingerprint density at radius 2 is 1.97 bits per heavy atom. The molecule has 0 fully saturated rings. The molecule has 4 aromatic rings. The highest BCUT2D eigenvalue weighted by atomic mass is 19.4. The molecule has 0 saturated heterocycles. The van der Waals surface area contributed by atoms with Crippen LogP contribution in [0.1, 0.15) is 16.1 Å². The van der Waals surface area contributed by atoms with Crippen LogP contribution in [0.3, 0.4) is 0 Å². The third-order valence-corrected chi connectivity index (χ3v) is 4.50. The fourth-order valence-corrected chi connectivity index (χ4v) is 3.17. The summed E-state index contributed by atoms with van der Waals surface area (Å²) < 4.78 is 48.5. The Morgan fingerprint density at radius 3 is 2.61 bits per heavy atom. The summed E-state index contributed by atoms with van der Waals surface area (Å²) in [6, 6.07) is 10.7. The van der Waals surface area contributed by atoms with E-state index in [1.165, 1.54) is 30.5 Å². The molecule has 0 unspecified atom stereocenters. The van der Waals surface area contributed by atoms with E-state index < -0.39 is 18.7 Å². The van der Waals surface area contributed by atoms with Gasteiger partial charge in [-0.1, -0.05) is 0 Å². The summed E-state index contributed by atoms with van der Waals surface area (Å²) in [6.07, 6.45) is -2.91. The van der Waals surface area contributed by atoms with Crippen molar-refractivity contribution >= 4 is 22.6 Å². The van der Waals surface area contributed by atoms with Crippen molar-refractivity contribution in [3.8, 4) is 17.2 Å². The molecule has 1 amide bonds. The van der Waals surface area contributed by atoms with Crippen molar-refractivity contribution in [3.63, 3.8) is 0 Å². The van der Waals surface area contributed by atoms with Crippen molar-refractivity contribution in [2.24, 2.45) is 7.05 Å². The van der Waals surface area contributed by atoms with Crippen molar-refractivity contribution in [2.45, 2.75) is 13.1 Å². The number of aryl methyl sites for hydroxylation is 2. The van der Waals surface area contributed by atoms with E-state index in [0.29, 0.717) is 39.4 Å². The molecule has 0 aliphatic rings. The minimum atomic E-state index is -4.42. The van der Waals surface area contributed by atoms with Crippen LogP contribution in [-0.2, 0) is 7.05 Å². The van der Waals surface area contributed by atoms with Crippen LogP contribution < -0.4 is 10.1 Å². The number of aromatic nitrogens is 3. The number of furan rings is 1. The van der Waals surface area contributed by atoms with Crippen LogP contribution in [0.15, 0.2) is 53.1 Å². The minimum absolute atomic E-state index is 0.0461. The van der Waals surface area contributed by atoms with Gasteiger partial charge in [0.2, 0.25) is 0 Å². The molecule has 31 heavy (non-hydrogen) atoms. The Kier molecular flexibility index (Phi) is 5.14. The van der Waals surface area contributed by atoms with Gasteiger partial charge >= 0.3 is 6.18 Å². The van der Waals surface area contributed by atoms with Crippen LogP contribution >= 0.6 is 0 Å². The number of fused-ring (bicyclic) bond motifs is 1. The molecule has 7 nitrogen and oxygen atoms in total. The fourth-order valence-electron chi connectivity index (χ4n) is 3.17. The Bertz CT molecular complexity index is 1230. The molecule has 1 aromatic carbocycles. The predicted octanol–water partition coefficient (Wildman–Crippen LogP) is 4.73. The summed E-state index contributed by atoms with van der Waals surface area (Å²) in [7, 11) is 1.73. The number of alkyl halides is 3. The maximum Gasteiger partial charge on any atom is 0.422 e. The number of nitrogens with one attached hydrogen (secondary N) is 1. The summed E-state index contributed by atoms with van der Waals surface area (Å²) in [5.74, 6) is 0.131. The van der Waals surface area contributed by atoms with Gasteiger partial charge in [-0.05, 0) is 49.4 Å². The topological polar surface area (TPSA) is 82.2 Å². The first-order chi connectivity index (χ1) is 14.7. The van der Waals surface area contributed by atoms with Crippen LogP contribution in [0, 0.1) is 6.92 Å². The smallest absolute Gasteiger partial charge is 0.422 e. The Hall–Kier alpha value is -3.82. The summed E-state index contributed by atoms with van der Waals surface area (Å²) >= 11 is 0. The molecule has 0 spiro atoms. The molecule has 160 valence electrons. The largest absolute Gasteiger partial charge is 0.484 e. The Morgan fingerprint density at radius 1 is 1.23 bits per heavy atom. The lowest BCUT2D eigenvalue weighted by Crippen LogP contribution is -2.19. The quantitative estimate of drug-likeness (QED) is 0.495. The summed E-state index contributed by atoms with van der Waals surface area (Å²) in [5.41, 5.74) is 2.38. The van der Waals surface area contributed by atoms with Gasteiger partial charge in [0, 0.05) is 12.7 Å². The molecule has 10 heteroatoms.